The van der Waals surface area contributed by atoms with Gasteiger partial charge in [0.1, 0.15) is 6.04 Å². The molecule has 0 aliphatic carbocycles. The zero-order valence-electron chi connectivity index (χ0n) is 13.5. The van der Waals surface area contributed by atoms with Crippen molar-refractivity contribution < 1.29 is 4.79 Å². The summed E-state index contributed by atoms with van der Waals surface area (Å²) < 4.78 is 0. The standard InChI is InChI=1S/C21H18N2O/c1-14-7-9-16(10-8-14)19-17(13-15-5-3-2-4-6-15)23-20-18(24)11-12-22-21(19)20/h2-12,20,23H,13H2,1H3. The molecule has 3 nitrogen and oxygen atoms in total. The van der Waals surface area contributed by atoms with E-state index >= 15 is 0 Å². The van der Waals surface area contributed by atoms with E-state index in [0.717, 1.165) is 29.0 Å². The van der Waals surface area contributed by atoms with Crippen molar-refractivity contribution in [2.45, 2.75) is 19.4 Å². The number of nitrogens with zero attached hydrogens (tertiary/aromatic N) is 1. The van der Waals surface area contributed by atoms with E-state index in [0.29, 0.717) is 0 Å². The van der Waals surface area contributed by atoms with Crippen molar-refractivity contribution in [3.8, 4) is 0 Å². The fourth-order valence-electron chi connectivity index (χ4n) is 3.23. The molecular formula is C21H18N2O. The zero-order chi connectivity index (χ0) is 16.5. The third kappa shape index (κ3) is 2.58. The van der Waals surface area contributed by atoms with Crippen LogP contribution < -0.4 is 5.32 Å². The number of hydrogen-bond donors (Lipinski definition) is 1. The molecule has 4 rings (SSSR count). The summed E-state index contributed by atoms with van der Waals surface area (Å²) in [6.07, 6.45) is 3.90. The van der Waals surface area contributed by atoms with E-state index in [4.69, 9.17) is 0 Å². The first-order valence-electron chi connectivity index (χ1n) is 8.11. The normalized spacial score (nSPS) is 19.1. The number of hydrogen-bond acceptors (Lipinski definition) is 3. The second-order valence-corrected chi connectivity index (χ2v) is 6.19. The van der Waals surface area contributed by atoms with Crippen molar-refractivity contribution in [1.29, 1.82) is 0 Å². The molecule has 2 aliphatic heterocycles. The van der Waals surface area contributed by atoms with E-state index in [1.807, 2.05) is 18.2 Å². The Morgan fingerprint density at radius 1 is 1.04 bits per heavy atom. The van der Waals surface area contributed by atoms with Crippen LogP contribution in [0, 0.1) is 6.92 Å². The summed E-state index contributed by atoms with van der Waals surface area (Å²) in [7, 11) is 0. The quantitative estimate of drug-likeness (QED) is 0.942. The molecule has 2 aromatic rings. The third-order valence-electron chi connectivity index (χ3n) is 4.45. The largest absolute Gasteiger partial charge is 0.373 e. The SMILES string of the molecule is Cc1ccc(C2=C(Cc3ccccc3)NC3C(=O)C=CN=C23)cc1. The average molecular weight is 314 g/mol. The summed E-state index contributed by atoms with van der Waals surface area (Å²) in [6.45, 7) is 2.07. The van der Waals surface area contributed by atoms with Gasteiger partial charge in [-0.05, 0) is 18.1 Å². The summed E-state index contributed by atoms with van der Waals surface area (Å²) in [6, 6.07) is 18.3. The lowest BCUT2D eigenvalue weighted by Crippen LogP contribution is -2.38. The minimum atomic E-state index is -0.356. The van der Waals surface area contributed by atoms with Gasteiger partial charge in [-0.25, -0.2) is 0 Å². The highest BCUT2D eigenvalue weighted by atomic mass is 16.1. The van der Waals surface area contributed by atoms with Crippen LogP contribution >= 0.6 is 0 Å². The number of aryl methyl sites for hydroxylation is 1. The van der Waals surface area contributed by atoms with Gasteiger partial charge < -0.3 is 5.32 Å². The van der Waals surface area contributed by atoms with Gasteiger partial charge in [0.15, 0.2) is 5.78 Å². The molecule has 1 atom stereocenters. The number of carbonyl (C=O) groups excluding carboxylic acids is 1. The molecule has 24 heavy (non-hydrogen) atoms. The predicted molar refractivity (Wildman–Crippen MR) is 96.8 cm³/mol. The zero-order valence-corrected chi connectivity index (χ0v) is 13.5. The first-order valence-corrected chi connectivity index (χ1v) is 8.11. The van der Waals surface area contributed by atoms with Gasteiger partial charge in [0, 0.05) is 30.0 Å². The van der Waals surface area contributed by atoms with Crippen LogP contribution in [0.2, 0.25) is 0 Å². The van der Waals surface area contributed by atoms with Crippen LogP contribution in [-0.2, 0) is 11.2 Å². The summed E-state index contributed by atoms with van der Waals surface area (Å²) in [5.74, 6) is 0.0627. The Bertz CT molecular complexity index is 874. The molecule has 2 heterocycles. The second kappa shape index (κ2) is 5.93. The number of aliphatic imine (C=N–C) groups is 1. The number of fused-ring (bicyclic) bond motifs is 1. The lowest BCUT2D eigenvalue weighted by molar-refractivity contribution is -0.114. The Balaban J connectivity index is 1.81. The maximum atomic E-state index is 12.2. The lowest BCUT2D eigenvalue weighted by atomic mass is 9.94. The van der Waals surface area contributed by atoms with Crippen LogP contribution in [0.1, 0.15) is 16.7 Å². The van der Waals surface area contributed by atoms with Crippen molar-refractivity contribution in [2.24, 2.45) is 4.99 Å². The first-order chi connectivity index (χ1) is 11.7. The number of nitrogens with one attached hydrogen (secondary N) is 1. The van der Waals surface area contributed by atoms with Gasteiger partial charge in [-0.15, -0.1) is 0 Å². The van der Waals surface area contributed by atoms with E-state index < -0.39 is 0 Å². The first kappa shape index (κ1) is 14.6. The van der Waals surface area contributed by atoms with Crippen LogP contribution in [-0.4, -0.2) is 17.5 Å². The molecule has 0 amide bonds. The molecule has 0 spiro atoms. The van der Waals surface area contributed by atoms with Gasteiger partial charge in [0.2, 0.25) is 0 Å². The Hall–Kier alpha value is -2.94. The molecule has 0 aromatic heterocycles. The smallest absolute Gasteiger partial charge is 0.185 e. The summed E-state index contributed by atoms with van der Waals surface area (Å²) in [4.78, 5) is 16.8. The molecule has 2 aliphatic rings. The maximum Gasteiger partial charge on any atom is 0.185 e. The van der Waals surface area contributed by atoms with Gasteiger partial charge in [0.05, 0.1) is 5.71 Å². The minimum Gasteiger partial charge on any atom is -0.373 e. The fraction of sp³-hybridized carbons (Fsp3) is 0.143. The summed E-state index contributed by atoms with van der Waals surface area (Å²) >= 11 is 0. The number of ketones is 1. The van der Waals surface area contributed by atoms with E-state index in [2.05, 4.69) is 53.6 Å². The van der Waals surface area contributed by atoms with E-state index in [1.165, 1.54) is 11.1 Å². The molecule has 3 heteroatoms. The molecule has 0 bridgehead atoms. The Morgan fingerprint density at radius 3 is 2.54 bits per heavy atom. The minimum absolute atomic E-state index is 0.0627. The monoisotopic (exact) mass is 314 g/mol. The van der Waals surface area contributed by atoms with Crippen molar-refractivity contribution >= 4 is 17.1 Å². The van der Waals surface area contributed by atoms with Gasteiger partial charge >= 0.3 is 0 Å². The van der Waals surface area contributed by atoms with Crippen LogP contribution in [0.5, 0.6) is 0 Å². The third-order valence-corrected chi connectivity index (χ3v) is 4.45. The van der Waals surface area contributed by atoms with Crippen LogP contribution in [0.15, 0.2) is 77.6 Å². The van der Waals surface area contributed by atoms with Gasteiger partial charge in [-0.3, -0.25) is 9.79 Å². The van der Waals surface area contributed by atoms with Gasteiger partial charge in [-0.2, -0.15) is 0 Å². The summed E-state index contributed by atoms with van der Waals surface area (Å²) in [5.41, 5.74) is 6.48. The number of rotatable bonds is 3. The molecule has 2 aromatic carbocycles. The lowest BCUT2D eigenvalue weighted by Gasteiger charge is -2.13. The number of allylic oxidation sites excluding steroid dienone is 1. The van der Waals surface area contributed by atoms with Crippen molar-refractivity contribution in [1.82, 2.24) is 5.32 Å². The van der Waals surface area contributed by atoms with Crippen LogP contribution in [0.4, 0.5) is 0 Å². The van der Waals surface area contributed by atoms with Crippen molar-refractivity contribution in [3.63, 3.8) is 0 Å². The van der Waals surface area contributed by atoms with Crippen molar-refractivity contribution in [2.75, 3.05) is 0 Å². The second-order valence-electron chi connectivity index (χ2n) is 6.19. The van der Waals surface area contributed by atoms with Gasteiger partial charge in [-0.1, -0.05) is 60.2 Å². The molecule has 1 unspecified atom stereocenters. The fourth-order valence-corrected chi connectivity index (χ4v) is 3.23. The Labute approximate surface area is 141 Å². The molecule has 0 saturated heterocycles. The molecular weight excluding hydrogens is 296 g/mol. The van der Waals surface area contributed by atoms with E-state index in [-0.39, 0.29) is 11.8 Å². The number of carbonyl (C=O) groups is 1. The average Bonchev–Trinajstić information content (AvgIpc) is 2.96. The maximum absolute atomic E-state index is 12.2. The summed E-state index contributed by atoms with van der Waals surface area (Å²) in [5, 5.41) is 3.40. The molecule has 0 saturated carbocycles. The van der Waals surface area contributed by atoms with Crippen molar-refractivity contribution in [3.05, 3.63) is 89.3 Å². The van der Waals surface area contributed by atoms with E-state index in [1.54, 1.807) is 12.3 Å². The Kier molecular flexibility index (Phi) is 3.62. The molecule has 1 N–H and O–H groups in total. The van der Waals surface area contributed by atoms with Crippen LogP contribution in [0.25, 0.3) is 5.57 Å². The molecule has 0 radical (unpaired) electrons. The molecule has 118 valence electrons. The highest BCUT2D eigenvalue weighted by Gasteiger charge is 2.36. The Morgan fingerprint density at radius 2 is 1.79 bits per heavy atom. The highest BCUT2D eigenvalue weighted by Crippen LogP contribution is 2.31. The highest BCUT2D eigenvalue weighted by molar-refractivity contribution is 6.37. The van der Waals surface area contributed by atoms with Gasteiger partial charge in [0.25, 0.3) is 0 Å². The number of benzene rings is 2. The predicted octanol–water partition coefficient (Wildman–Crippen LogP) is 3.46. The topological polar surface area (TPSA) is 41.5 Å². The van der Waals surface area contributed by atoms with E-state index in [9.17, 15) is 4.79 Å². The van der Waals surface area contributed by atoms with Crippen LogP contribution in [0.3, 0.4) is 0 Å². The molecule has 0 fully saturated rings.